The molecule has 0 spiro atoms. The predicted octanol–water partition coefficient (Wildman–Crippen LogP) is -2.32. The summed E-state index contributed by atoms with van der Waals surface area (Å²) in [5, 5.41) is 0. The summed E-state index contributed by atoms with van der Waals surface area (Å²) in [4.78, 5) is 38.0. The third-order valence-electron chi connectivity index (χ3n) is 5.26. The van der Waals surface area contributed by atoms with Gasteiger partial charge < -0.3 is 35.7 Å². The normalized spacial score (nSPS) is 22.4. The maximum atomic E-state index is 12.4. The molecule has 0 aliphatic carbocycles. The van der Waals surface area contributed by atoms with Gasteiger partial charge in [-0.25, -0.2) is 9.59 Å². The van der Waals surface area contributed by atoms with Crippen LogP contribution in [-0.2, 0) is 28.6 Å². The standard InChI is InChI=1S/C20H31N2O6.BrH/c1-15(2)19(24)26-13-17(14-27-20(25)16(3)4)28-18(23)5-9-22-10-6-21(7-11-22)8-12-22;/h17H,1,3,5-14H2,2,4H3;1H/q+1;/p-1. The van der Waals surface area contributed by atoms with Gasteiger partial charge in [0.05, 0.1) is 32.6 Å². The van der Waals surface area contributed by atoms with Crippen LogP contribution >= 0.6 is 0 Å². The molecule has 164 valence electrons. The van der Waals surface area contributed by atoms with E-state index in [0.717, 1.165) is 50.3 Å². The highest BCUT2D eigenvalue weighted by atomic mass is 79.9. The van der Waals surface area contributed by atoms with Crippen molar-refractivity contribution in [2.45, 2.75) is 26.4 Å². The van der Waals surface area contributed by atoms with E-state index < -0.39 is 18.0 Å². The maximum absolute atomic E-state index is 12.4. The number of esters is 3. The van der Waals surface area contributed by atoms with Crippen molar-refractivity contribution in [1.82, 2.24) is 4.90 Å². The van der Waals surface area contributed by atoms with Gasteiger partial charge in [-0.2, -0.15) is 0 Å². The smallest absolute Gasteiger partial charge is 0.333 e. The van der Waals surface area contributed by atoms with Crippen molar-refractivity contribution in [3.8, 4) is 0 Å². The van der Waals surface area contributed by atoms with Crippen LogP contribution in [0.4, 0.5) is 0 Å². The van der Waals surface area contributed by atoms with Crippen LogP contribution in [0.25, 0.3) is 0 Å². The molecule has 0 N–H and O–H groups in total. The SMILES string of the molecule is C=C(C)C(=O)OCC(COC(=O)C(=C)C)OC(=O)CC[N+]12CCN(CC1)CC2.[Br-]. The van der Waals surface area contributed by atoms with Gasteiger partial charge in [0.15, 0.2) is 6.10 Å². The van der Waals surface area contributed by atoms with Gasteiger partial charge in [0.25, 0.3) is 0 Å². The van der Waals surface area contributed by atoms with Crippen molar-refractivity contribution in [1.29, 1.82) is 0 Å². The van der Waals surface area contributed by atoms with Crippen molar-refractivity contribution in [3.05, 3.63) is 24.3 Å². The highest BCUT2D eigenvalue weighted by Crippen LogP contribution is 2.20. The van der Waals surface area contributed by atoms with E-state index in [-0.39, 0.29) is 53.7 Å². The van der Waals surface area contributed by atoms with Gasteiger partial charge in [0.1, 0.15) is 13.2 Å². The molecule has 3 heterocycles. The number of hydrogen-bond acceptors (Lipinski definition) is 7. The van der Waals surface area contributed by atoms with E-state index in [1.165, 1.54) is 13.8 Å². The Kier molecular flexibility index (Phi) is 10.0. The molecular weight excluding hydrogens is 444 g/mol. The lowest BCUT2D eigenvalue weighted by Gasteiger charge is -2.50. The van der Waals surface area contributed by atoms with Gasteiger partial charge in [0.2, 0.25) is 0 Å². The highest BCUT2D eigenvalue weighted by Gasteiger charge is 2.38. The molecule has 3 aliphatic heterocycles. The Labute approximate surface area is 182 Å². The van der Waals surface area contributed by atoms with Crippen molar-refractivity contribution >= 4 is 17.9 Å². The van der Waals surface area contributed by atoms with Crippen LogP contribution in [0.1, 0.15) is 20.3 Å². The monoisotopic (exact) mass is 474 g/mol. The topological polar surface area (TPSA) is 82.1 Å². The largest absolute Gasteiger partial charge is 1.00 e. The molecule has 0 aromatic carbocycles. The number of piperazine rings is 3. The zero-order chi connectivity index (χ0) is 20.7. The summed E-state index contributed by atoms with van der Waals surface area (Å²) in [5.41, 5.74) is 0.480. The quantitative estimate of drug-likeness (QED) is 0.152. The van der Waals surface area contributed by atoms with E-state index in [1.54, 1.807) is 0 Å². The van der Waals surface area contributed by atoms with Gasteiger partial charge in [-0.05, 0) is 13.8 Å². The average Bonchev–Trinajstić information content (AvgIpc) is 2.69. The summed E-state index contributed by atoms with van der Waals surface area (Å²) in [6.07, 6.45) is -0.586. The molecule has 3 fully saturated rings. The Morgan fingerprint density at radius 3 is 1.79 bits per heavy atom. The summed E-state index contributed by atoms with van der Waals surface area (Å²) in [7, 11) is 0. The third kappa shape index (κ3) is 7.91. The first-order chi connectivity index (χ1) is 13.2. The number of carbonyl (C=O) groups excluding carboxylic acids is 3. The van der Waals surface area contributed by atoms with Crippen LogP contribution in [0, 0.1) is 0 Å². The van der Waals surface area contributed by atoms with Gasteiger partial charge in [-0.1, -0.05) is 13.2 Å². The van der Waals surface area contributed by atoms with Gasteiger partial charge >= 0.3 is 17.9 Å². The lowest BCUT2D eigenvalue weighted by atomic mass is 10.1. The van der Waals surface area contributed by atoms with E-state index in [1.807, 2.05) is 0 Å². The molecule has 0 aromatic heterocycles. The molecule has 0 amide bonds. The number of ether oxygens (including phenoxy) is 3. The molecule has 3 rings (SSSR count). The van der Waals surface area contributed by atoms with Crippen LogP contribution in [0.15, 0.2) is 24.3 Å². The second-order valence-electron chi connectivity index (χ2n) is 7.70. The van der Waals surface area contributed by atoms with E-state index in [2.05, 4.69) is 18.1 Å². The molecule has 3 saturated heterocycles. The predicted molar refractivity (Wildman–Crippen MR) is 102 cm³/mol. The van der Waals surface area contributed by atoms with Gasteiger partial charge in [0, 0.05) is 30.8 Å². The van der Waals surface area contributed by atoms with Crippen LogP contribution in [0.5, 0.6) is 0 Å². The molecular formula is C20H31BrN2O6. The highest BCUT2D eigenvalue weighted by molar-refractivity contribution is 5.87. The maximum Gasteiger partial charge on any atom is 0.333 e. The van der Waals surface area contributed by atoms with Crippen molar-refractivity contribution < 1.29 is 50.1 Å². The molecule has 8 nitrogen and oxygen atoms in total. The summed E-state index contributed by atoms with van der Waals surface area (Å²) >= 11 is 0. The van der Waals surface area contributed by atoms with Crippen molar-refractivity contribution in [3.63, 3.8) is 0 Å². The first kappa shape index (κ1) is 25.3. The number of nitrogens with zero attached hydrogens (tertiary/aromatic N) is 2. The summed E-state index contributed by atoms with van der Waals surface area (Å²) in [6.45, 7) is 16.8. The van der Waals surface area contributed by atoms with Crippen LogP contribution in [0.2, 0.25) is 0 Å². The van der Waals surface area contributed by atoms with Crippen molar-refractivity contribution in [2.24, 2.45) is 0 Å². The summed E-state index contributed by atoms with van der Waals surface area (Å²) < 4.78 is 16.5. The van der Waals surface area contributed by atoms with Gasteiger partial charge in [-0.15, -0.1) is 0 Å². The lowest BCUT2D eigenvalue weighted by molar-refractivity contribution is -0.940. The van der Waals surface area contributed by atoms with E-state index in [9.17, 15) is 14.4 Å². The molecule has 0 saturated carbocycles. The molecule has 0 atom stereocenters. The Hall–Kier alpha value is -1.71. The van der Waals surface area contributed by atoms with E-state index in [0.29, 0.717) is 0 Å². The number of halogens is 1. The minimum absolute atomic E-state index is 0. The number of quaternary nitrogens is 1. The zero-order valence-electron chi connectivity index (χ0n) is 17.3. The van der Waals surface area contributed by atoms with Crippen LogP contribution < -0.4 is 17.0 Å². The Morgan fingerprint density at radius 2 is 1.38 bits per heavy atom. The molecule has 0 unspecified atom stereocenters. The second-order valence-corrected chi connectivity index (χ2v) is 7.70. The molecule has 0 radical (unpaired) electrons. The molecule has 9 heteroatoms. The Bertz CT molecular complexity index is 599. The first-order valence-corrected chi connectivity index (χ1v) is 9.63. The minimum atomic E-state index is -0.864. The first-order valence-electron chi connectivity index (χ1n) is 9.63. The Balaban J connectivity index is 0.00000420. The minimum Gasteiger partial charge on any atom is -1.00 e. The molecule has 2 bridgehead atoms. The fourth-order valence-electron chi connectivity index (χ4n) is 3.34. The lowest BCUT2D eigenvalue weighted by Crippen LogP contribution is -3.00. The average molecular weight is 475 g/mol. The number of hydrogen-bond donors (Lipinski definition) is 0. The number of fused-ring (bicyclic) bond motifs is 3. The number of carbonyl (C=O) groups is 3. The second kappa shape index (κ2) is 11.5. The number of rotatable bonds is 10. The Morgan fingerprint density at radius 1 is 0.931 bits per heavy atom. The van der Waals surface area contributed by atoms with E-state index >= 15 is 0 Å². The third-order valence-corrected chi connectivity index (χ3v) is 5.26. The van der Waals surface area contributed by atoms with Crippen LogP contribution in [-0.4, -0.2) is 92.4 Å². The fourth-order valence-corrected chi connectivity index (χ4v) is 3.34. The fraction of sp³-hybridized carbons (Fsp3) is 0.650. The zero-order valence-corrected chi connectivity index (χ0v) is 18.9. The molecule has 0 aromatic rings. The van der Waals surface area contributed by atoms with Crippen LogP contribution in [0.3, 0.4) is 0 Å². The molecule has 3 aliphatic rings. The summed E-state index contributed by atoms with van der Waals surface area (Å²) in [6, 6.07) is 0. The van der Waals surface area contributed by atoms with Gasteiger partial charge in [-0.3, -0.25) is 9.69 Å². The summed E-state index contributed by atoms with van der Waals surface area (Å²) in [5.74, 6) is -1.56. The van der Waals surface area contributed by atoms with Crippen molar-refractivity contribution in [2.75, 3.05) is 59.0 Å². The molecule has 29 heavy (non-hydrogen) atoms. The van der Waals surface area contributed by atoms with E-state index in [4.69, 9.17) is 14.2 Å².